The van der Waals surface area contributed by atoms with Gasteiger partial charge in [-0.2, -0.15) is 13.2 Å². The van der Waals surface area contributed by atoms with Gasteiger partial charge in [0, 0.05) is 16.8 Å². The zero-order chi connectivity index (χ0) is 16.6. The van der Waals surface area contributed by atoms with E-state index in [9.17, 15) is 17.6 Å². The van der Waals surface area contributed by atoms with Crippen molar-refractivity contribution in [3.8, 4) is 0 Å². The lowest BCUT2D eigenvalue weighted by Crippen LogP contribution is -2.13. The summed E-state index contributed by atoms with van der Waals surface area (Å²) in [6, 6.07) is 9.03. The fraction of sp³-hybridized carbons (Fsp3) is 0.125. The number of fused-ring (bicyclic) bond motifs is 1. The maximum absolute atomic E-state index is 14.1. The average molecular weight is 338 g/mol. The Morgan fingerprint density at radius 1 is 1.04 bits per heavy atom. The number of alkyl halides is 3. The Bertz CT molecular complexity index is 812. The van der Waals surface area contributed by atoms with Crippen molar-refractivity contribution in [1.82, 2.24) is 0 Å². The SMILES string of the molecule is Fc1ccccc1C1=NCC(=S)Nc2ccc(C(F)(F)F)cc21. The summed E-state index contributed by atoms with van der Waals surface area (Å²) in [4.78, 5) is 4.56. The first-order chi connectivity index (χ1) is 10.9. The number of rotatable bonds is 1. The number of benzene rings is 2. The molecule has 1 aliphatic heterocycles. The van der Waals surface area contributed by atoms with Gasteiger partial charge in [0.15, 0.2) is 0 Å². The predicted octanol–water partition coefficient (Wildman–Crippen LogP) is 4.43. The Morgan fingerprint density at radius 2 is 1.78 bits per heavy atom. The van der Waals surface area contributed by atoms with Crippen molar-refractivity contribution in [1.29, 1.82) is 0 Å². The Morgan fingerprint density at radius 3 is 2.48 bits per heavy atom. The summed E-state index contributed by atoms with van der Waals surface area (Å²) in [6.45, 7) is 0.0784. The quantitative estimate of drug-likeness (QED) is 0.614. The van der Waals surface area contributed by atoms with Gasteiger partial charge in [-0.25, -0.2) is 4.39 Å². The summed E-state index contributed by atoms with van der Waals surface area (Å²) in [5.41, 5.74) is 0.0123. The maximum Gasteiger partial charge on any atom is 0.416 e. The largest absolute Gasteiger partial charge is 0.416 e. The van der Waals surface area contributed by atoms with Gasteiger partial charge in [-0.15, -0.1) is 0 Å². The molecule has 2 aromatic carbocycles. The van der Waals surface area contributed by atoms with Gasteiger partial charge < -0.3 is 5.32 Å². The van der Waals surface area contributed by atoms with Crippen LogP contribution in [-0.2, 0) is 6.18 Å². The molecule has 7 heteroatoms. The van der Waals surface area contributed by atoms with Gasteiger partial charge in [0.1, 0.15) is 10.8 Å². The van der Waals surface area contributed by atoms with Gasteiger partial charge in [-0.1, -0.05) is 24.4 Å². The lowest BCUT2D eigenvalue weighted by Gasteiger charge is -2.14. The molecule has 0 saturated carbocycles. The van der Waals surface area contributed by atoms with Crippen molar-refractivity contribution in [2.24, 2.45) is 4.99 Å². The molecular formula is C16H10F4N2S. The molecule has 0 radical (unpaired) electrons. The minimum absolute atomic E-state index is 0.0784. The van der Waals surface area contributed by atoms with E-state index in [0.29, 0.717) is 10.7 Å². The van der Waals surface area contributed by atoms with Gasteiger partial charge in [-0.05, 0) is 30.3 Å². The number of aliphatic imine (C=N–C) groups is 1. The van der Waals surface area contributed by atoms with E-state index >= 15 is 0 Å². The van der Waals surface area contributed by atoms with Gasteiger partial charge in [0.05, 0.1) is 17.8 Å². The third-order valence-corrected chi connectivity index (χ3v) is 3.62. The Balaban J connectivity index is 2.23. The molecule has 1 heterocycles. The first kappa shape index (κ1) is 15.6. The highest BCUT2D eigenvalue weighted by Crippen LogP contribution is 2.33. The highest BCUT2D eigenvalue weighted by Gasteiger charge is 2.32. The number of hydrogen-bond acceptors (Lipinski definition) is 2. The number of halogens is 4. The van der Waals surface area contributed by atoms with E-state index in [1.165, 1.54) is 24.3 Å². The van der Waals surface area contributed by atoms with Crippen LogP contribution in [0.15, 0.2) is 47.5 Å². The Kier molecular flexibility index (Phi) is 3.89. The normalized spacial score (nSPS) is 14.6. The van der Waals surface area contributed by atoms with Crippen LogP contribution in [0.1, 0.15) is 16.7 Å². The van der Waals surface area contributed by atoms with E-state index in [4.69, 9.17) is 12.2 Å². The van der Waals surface area contributed by atoms with Crippen LogP contribution in [0.3, 0.4) is 0 Å². The molecule has 1 aliphatic rings. The molecule has 23 heavy (non-hydrogen) atoms. The third-order valence-electron chi connectivity index (χ3n) is 3.39. The average Bonchev–Trinajstić information content (AvgIpc) is 2.65. The van der Waals surface area contributed by atoms with Gasteiger partial charge in [-0.3, -0.25) is 4.99 Å². The van der Waals surface area contributed by atoms with Crippen LogP contribution < -0.4 is 5.32 Å². The summed E-state index contributed by atoms with van der Waals surface area (Å²) in [5.74, 6) is -0.553. The van der Waals surface area contributed by atoms with Crippen LogP contribution in [0.5, 0.6) is 0 Å². The molecule has 1 N–H and O–H groups in total. The highest BCUT2D eigenvalue weighted by atomic mass is 32.1. The summed E-state index contributed by atoms with van der Waals surface area (Å²) in [6.07, 6.45) is -4.50. The second kappa shape index (κ2) is 5.73. The van der Waals surface area contributed by atoms with Crippen LogP contribution in [0, 0.1) is 5.82 Å². The number of benzodiazepines with no additional fused rings is 1. The van der Waals surface area contributed by atoms with Crippen molar-refractivity contribution in [2.75, 3.05) is 11.9 Å². The molecular weight excluding hydrogens is 328 g/mol. The summed E-state index contributed by atoms with van der Waals surface area (Å²) in [5, 5.41) is 2.85. The van der Waals surface area contributed by atoms with Crippen molar-refractivity contribution in [2.45, 2.75) is 6.18 Å². The molecule has 3 rings (SSSR count). The fourth-order valence-corrected chi connectivity index (χ4v) is 2.51. The minimum Gasteiger partial charge on any atom is -0.348 e. The summed E-state index contributed by atoms with van der Waals surface area (Å²) in [7, 11) is 0. The molecule has 0 aliphatic carbocycles. The molecule has 0 fully saturated rings. The fourth-order valence-electron chi connectivity index (χ4n) is 2.33. The van der Waals surface area contributed by atoms with E-state index < -0.39 is 17.6 Å². The molecule has 2 aromatic rings. The lowest BCUT2D eigenvalue weighted by atomic mass is 9.98. The maximum atomic E-state index is 14.1. The molecule has 0 amide bonds. The molecule has 2 nitrogen and oxygen atoms in total. The molecule has 0 atom stereocenters. The molecule has 0 saturated heterocycles. The zero-order valence-electron chi connectivity index (χ0n) is 11.6. The molecule has 0 spiro atoms. The monoisotopic (exact) mass is 338 g/mol. The number of nitrogens with one attached hydrogen (secondary N) is 1. The number of nitrogens with zero attached hydrogens (tertiary/aromatic N) is 1. The predicted molar refractivity (Wildman–Crippen MR) is 84.6 cm³/mol. The van der Waals surface area contributed by atoms with E-state index in [2.05, 4.69) is 10.3 Å². The van der Waals surface area contributed by atoms with Crippen molar-refractivity contribution in [3.05, 3.63) is 65.0 Å². The van der Waals surface area contributed by atoms with Crippen molar-refractivity contribution in [3.63, 3.8) is 0 Å². The smallest absolute Gasteiger partial charge is 0.348 e. The van der Waals surface area contributed by atoms with Gasteiger partial charge in [0.25, 0.3) is 0 Å². The lowest BCUT2D eigenvalue weighted by molar-refractivity contribution is -0.137. The standard InChI is InChI=1S/C16H10F4N2S/c17-12-4-2-1-3-10(12)15-11-7-9(16(18,19)20)5-6-13(11)22-14(23)8-21-15/h1-7H,8H2,(H,22,23). The third kappa shape index (κ3) is 3.10. The van der Waals surface area contributed by atoms with Crippen molar-refractivity contribution < 1.29 is 17.6 Å². The highest BCUT2D eigenvalue weighted by molar-refractivity contribution is 7.80. The van der Waals surface area contributed by atoms with Crippen LogP contribution >= 0.6 is 12.2 Å². The van der Waals surface area contributed by atoms with Gasteiger partial charge >= 0.3 is 6.18 Å². The van der Waals surface area contributed by atoms with Crippen LogP contribution in [0.4, 0.5) is 23.2 Å². The second-order valence-corrected chi connectivity index (χ2v) is 5.44. The van der Waals surface area contributed by atoms with Crippen LogP contribution in [0.2, 0.25) is 0 Å². The van der Waals surface area contributed by atoms with Crippen LogP contribution in [-0.4, -0.2) is 17.2 Å². The molecule has 0 unspecified atom stereocenters. The Hall–Kier alpha value is -2.28. The molecule has 0 aromatic heterocycles. The molecule has 118 valence electrons. The van der Waals surface area contributed by atoms with E-state index in [1.54, 1.807) is 6.07 Å². The molecule has 0 bridgehead atoms. The van der Waals surface area contributed by atoms with E-state index in [-0.39, 0.29) is 23.4 Å². The zero-order valence-corrected chi connectivity index (χ0v) is 12.4. The number of anilines is 1. The van der Waals surface area contributed by atoms with Crippen LogP contribution in [0.25, 0.3) is 0 Å². The minimum atomic E-state index is -4.50. The first-order valence-corrected chi connectivity index (χ1v) is 7.08. The second-order valence-electron chi connectivity index (χ2n) is 4.95. The van der Waals surface area contributed by atoms with E-state index in [1.807, 2.05) is 0 Å². The van der Waals surface area contributed by atoms with E-state index in [0.717, 1.165) is 12.1 Å². The van der Waals surface area contributed by atoms with Crippen molar-refractivity contribution >= 4 is 28.6 Å². The van der Waals surface area contributed by atoms with Gasteiger partial charge in [0.2, 0.25) is 0 Å². The number of hydrogen-bond donors (Lipinski definition) is 1. The topological polar surface area (TPSA) is 24.4 Å². The summed E-state index contributed by atoms with van der Waals surface area (Å²) >= 11 is 5.08. The summed E-state index contributed by atoms with van der Waals surface area (Å²) < 4.78 is 53.0. The first-order valence-electron chi connectivity index (χ1n) is 6.67. The Labute approximate surface area is 134 Å². The number of thiocarbonyl (C=S) groups is 1.